The van der Waals surface area contributed by atoms with E-state index in [1.165, 1.54) is 17.7 Å². The average Bonchev–Trinajstić information content (AvgIpc) is 3.31. The number of benzene rings is 2. The topological polar surface area (TPSA) is 93.1 Å². The van der Waals surface area contributed by atoms with Gasteiger partial charge in [-0.25, -0.2) is 4.39 Å². The van der Waals surface area contributed by atoms with Crippen LogP contribution in [0, 0.1) is 11.7 Å². The molecule has 7 nitrogen and oxygen atoms in total. The van der Waals surface area contributed by atoms with E-state index in [2.05, 4.69) is 47.6 Å². The SMILES string of the molecule is CNCc1c(-c2ccc(F)cc2)oc2cc(N(C)SC)c([C@H]3CCCN([S+]([O-])C(C=NCC(C)C)=C(C)N)C3)cc12. The minimum Gasteiger partial charge on any atom is -0.593 e. The number of furan rings is 1. The van der Waals surface area contributed by atoms with Crippen molar-refractivity contribution < 1.29 is 13.4 Å². The molecule has 0 amide bonds. The van der Waals surface area contributed by atoms with Crippen LogP contribution in [0.25, 0.3) is 22.3 Å². The molecule has 0 saturated carbocycles. The maximum Gasteiger partial charge on any atom is 0.210 e. The Morgan fingerprint density at radius 1 is 1.34 bits per heavy atom. The van der Waals surface area contributed by atoms with Crippen molar-refractivity contribution in [1.82, 2.24) is 9.62 Å². The second-order valence-corrected chi connectivity index (χ2v) is 13.3. The van der Waals surface area contributed by atoms with Gasteiger partial charge in [0.05, 0.1) is 35.5 Å². The van der Waals surface area contributed by atoms with Crippen LogP contribution < -0.4 is 15.4 Å². The number of halogens is 1. The highest BCUT2D eigenvalue weighted by molar-refractivity contribution is 7.99. The fraction of sp³-hybridized carbons (Fsp3) is 0.452. The lowest BCUT2D eigenvalue weighted by Crippen LogP contribution is -2.40. The van der Waals surface area contributed by atoms with E-state index in [4.69, 9.17) is 10.2 Å². The first-order valence-corrected chi connectivity index (χ1v) is 16.3. The van der Waals surface area contributed by atoms with Crippen LogP contribution in [-0.4, -0.2) is 55.1 Å². The van der Waals surface area contributed by atoms with E-state index in [9.17, 15) is 8.94 Å². The summed E-state index contributed by atoms with van der Waals surface area (Å²) in [6, 6.07) is 10.8. The van der Waals surface area contributed by atoms with Crippen molar-refractivity contribution >= 4 is 46.2 Å². The molecule has 1 aliphatic heterocycles. The molecule has 2 aromatic carbocycles. The van der Waals surface area contributed by atoms with E-state index in [1.807, 2.05) is 17.6 Å². The molecule has 1 saturated heterocycles. The van der Waals surface area contributed by atoms with Gasteiger partial charge in [0.25, 0.3) is 0 Å². The van der Waals surface area contributed by atoms with Crippen LogP contribution in [-0.2, 0) is 17.9 Å². The van der Waals surface area contributed by atoms with Crippen molar-refractivity contribution in [3.63, 3.8) is 0 Å². The summed E-state index contributed by atoms with van der Waals surface area (Å²) < 4.78 is 38.0. The van der Waals surface area contributed by atoms with E-state index in [-0.39, 0.29) is 11.7 Å². The minimum atomic E-state index is -1.40. The molecule has 0 spiro atoms. The normalized spacial score (nSPS) is 17.9. The summed E-state index contributed by atoms with van der Waals surface area (Å²) in [6.07, 6.45) is 5.65. The lowest BCUT2D eigenvalue weighted by atomic mass is 9.89. The predicted octanol–water partition coefficient (Wildman–Crippen LogP) is 6.43. The van der Waals surface area contributed by atoms with Crippen molar-refractivity contribution in [2.75, 3.05) is 44.3 Å². The summed E-state index contributed by atoms with van der Waals surface area (Å²) in [6.45, 7) is 8.65. The molecular formula is C31H42FN5O2S2. The molecule has 1 unspecified atom stereocenters. The van der Waals surface area contributed by atoms with Gasteiger partial charge in [-0.05, 0) is 68.6 Å². The number of hydrogen-bond donors (Lipinski definition) is 2. The number of anilines is 1. The van der Waals surface area contributed by atoms with Gasteiger partial charge >= 0.3 is 0 Å². The zero-order valence-electron chi connectivity index (χ0n) is 24.9. The molecule has 1 aliphatic rings. The molecule has 0 bridgehead atoms. The minimum absolute atomic E-state index is 0.167. The Morgan fingerprint density at radius 2 is 2.07 bits per heavy atom. The molecule has 0 radical (unpaired) electrons. The predicted molar refractivity (Wildman–Crippen MR) is 173 cm³/mol. The van der Waals surface area contributed by atoms with Gasteiger partial charge in [-0.3, -0.25) is 4.99 Å². The first kappa shape index (κ1) is 31.4. The molecule has 0 aliphatic carbocycles. The number of allylic oxidation sites excluding steroid dienone is 2. The average molecular weight is 600 g/mol. The number of hydrogen-bond acceptors (Lipinski definition) is 8. The monoisotopic (exact) mass is 599 g/mol. The van der Waals surface area contributed by atoms with Crippen molar-refractivity contribution in [3.8, 4) is 11.3 Å². The summed E-state index contributed by atoms with van der Waals surface area (Å²) in [5.74, 6) is 1.05. The highest BCUT2D eigenvalue weighted by atomic mass is 32.2. The van der Waals surface area contributed by atoms with E-state index < -0.39 is 11.4 Å². The smallest absolute Gasteiger partial charge is 0.210 e. The standard InChI is InChI=1S/C31H42FN5O2S2/c1-20(2)16-35-18-30(21(3)33)41(38)37-13-7-8-23(19-37)25-14-26-27(17-34-4)31(22-9-11-24(32)12-10-22)39-29(26)15-28(25)36(5)40-6/h9-12,14-15,18,20,23,34H,7-8,13,16-17,19,33H2,1-6H3/t23-,41?/m0/s1. The molecule has 2 heterocycles. The zero-order chi connectivity index (χ0) is 29.7. The second-order valence-electron chi connectivity index (χ2n) is 10.9. The highest BCUT2D eigenvalue weighted by Gasteiger charge is 2.34. The molecule has 3 aromatic rings. The largest absolute Gasteiger partial charge is 0.593 e. The van der Waals surface area contributed by atoms with E-state index in [0.717, 1.165) is 52.9 Å². The first-order valence-electron chi connectivity index (χ1n) is 14.0. The van der Waals surface area contributed by atoms with Crippen molar-refractivity contribution in [2.24, 2.45) is 16.6 Å². The number of nitrogens with two attached hydrogens (primary N) is 1. The molecular weight excluding hydrogens is 558 g/mol. The molecule has 1 aromatic heterocycles. The number of nitrogens with zero attached hydrogens (tertiary/aromatic N) is 3. The third-order valence-electron chi connectivity index (χ3n) is 7.33. The second kappa shape index (κ2) is 14.1. The van der Waals surface area contributed by atoms with E-state index in [0.29, 0.717) is 36.2 Å². The third-order valence-corrected chi connectivity index (χ3v) is 9.68. The van der Waals surface area contributed by atoms with Crippen LogP contribution >= 0.6 is 11.9 Å². The van der Waals surface area contributed by atoms with Crippen LogP contribution in [0.3, 0.4) is 0 Å². The molecule has 4 rings (SSSR count). The number of rotatable bonds is 11. The Bertz CT molecular complexity index is 1390. The Kier molecular flexibility index (Phi) is 10.8. The Balaban J connectivity index is 1.74. The van der Waals surface area contributed by atoms with E-state index >= 15 is 0 Å². The molecule has 10 heteroatoms. The summed E-state index contributed by atoms with van der Waals surface area (Å²) in [5, 5.41) is 4.31. The van der Waals surface area contributed by atoms with Gasteiger partial charge in [0.2, 0.25) is 4.91 Å². The first-order chi connectivity index (χ1) is 19.6. The van der Waals surface area contributed by atoms with Crippen LogP contribution in [0.15, 0.2) is 56.4 Å². The van der Waals surface area contributed by atoms with Gasteiger partial charge in [-0.15, -0.1) is 4.31 Å². The van der Waals surface area contributed by atoms with Gasteiger partial charge in [0, 0.05) is 61.4 Å². The molecule has 1 fully saturated rings. The number of fused-ring (bicyclic) bond motifs is 1. The van der Waals surface area contributed by atoms with Crippen molar-refractivity contribution in [2.45, 2.75) is 46.1 Å². The number of aliphatic imine (C=N–C) groups is 1. The van der Waals surface area contributed by atoms with Crippen LogP contribution in [0.5, 0.6) is 0 Å². The molecule has 2 atom stereocenters. The fourth-order valence-corrected chi connectivity index (χ4v) is 6.89. The Morgan fingerprint density at radius 3 is 2.71 bits per heavy atom. The van der Waals surface area contributed by atoms with Gasteiger partial charge in [-0.1, -0.05) is 25.8 Å². The van der Waals surface area contributed by atoms with Gasteiger partial charge < -0.3 is 24.3 Å². The van der Waals surface area contributed by atoms with Crippen molar-refractivity contribution in [3.05, 3.63) is 63.9 Å². The van der Waals surface area contributed by atoms with E-state index in [1.54, 1.807) is 37.2 Å². The summed E-state index contributed by atoms with van der Waals surface area (Å²) in [4.78, 5) is 5.08. The number of nitrogens with one attached hydrogen (secondary N) is 1. The van der Waals surface area contributed by atoms with Crippen molar-refractivity contribution in [1.29, 1.82) is 0 Å². The molecule has 41 heavy (non-hydrogen) atoms. The van der Waals surface area contributed by atoms with Gasteiger partial charge in [0.15, 0.2) is 0 Å². The lowest BCUT2D eigenvalue weighted by molar-refractivity contribution is 0.318. The van der Waals surface area contributed by atoms with Crippen LogP contribution in [0.1, 0.15) is 50.7 Å². The Hall–Kier alpha value is -2.50. The summed E-state index contributed by atoms with van der Waals surface area (Å²) >= 11 is 0.234. The van der Waals surface area contributed by atoms with Crippen LogP contribution in [0.4, 0.5) is 10.1 Å². The maximum absolute atomic E-state index is 13.7. The van der Waals surface area contributed by atoms with Crippen LogP contribution in [0.2, 0.25) is 0 Å². The molecule has 3 N–H and O–H groups in total. The third kappa shape index (κ3) is 7.29. The lowest BCUT2D eigenvalue weighted by Gasteiger charge is -2.34. The quantitative estimate of drug-likeness (QED) is 0.149. The fourth-order valence-electron chi connectivity index (χ4n) is 5.20. The highest BCUT2D eigenvalue weighted by Crippen LogP contribution is 2.42. The summed E-state index contributed by atoms with van der Waals surface area (Å²) in [7, 11) is 3.96. The Labute approximate surface area is 250 Å². The number of piperidine rings is 1. The maximum atomic E-state index is 13.7. The van der Waals surface area contributed by atoms with Gasteiger partial charge in [-0.2, -0.15) is 0 Å². The molecule has 222 valence electrons. The zero-order valence-corrected chi connectivity index (χ0v) is 26.5. The van der Waals surface area contributed by atoms with Gasteiger partial charge in [0.1, 0.15) is 17.2 Å². The summed E-state index contributed by atoms with van der Waals surface area (Å²) in [5.41, 5.74) is 11.6.